The van der Waals surface area contributed by atoms with Crippen LogP contribution in [-0.4, -0.2) is 14.9 Å². The Bertz CT molecular complexity index is 529. The summed E-state index contributed by atoms with van der Waals surface area (Å²) < 4.78 is 1.95. The van der Waals surface area contributed by atoms with Crippen LogP contribution in [0.15, 0.2) is 30.3 Å². The average molecular weight is 258 g/mol. The Balaban J connectivity index is 2.52. The van der Waals surface area contributed by atoms with Gasteiger partial charge in [0.05, 0.1) is 11.3 Å². The maximum atomic E-state index is 10.2. The third-order valence-corrected chi connectivity index (χ3v) is 3.31. The SMILES string of the molecule is CCCCc1c(-c2ccccc2)c(O)nn1C(C)C. The molecule has 0 amide bonds. The molecule has 0 saturated carbocycles. The zero-order valence-electron chi connectivity index (χ0n) is 11.9. The van der Waals surface area contributed by atoms with E-state index in [0.29, 0.717) is 0 Å². The monoisotopic (exact) mass is 258 g/mol. The summed E-state index contributed by atoms with van der Waals surface area (Å²) in [7, 11) is 0. The molecule has 0 aliphatic heterocycles. The van der Waals surface area contributed by atoms with Crippen molar-refractivity contribution in [2.45, 2.75) is 46.1 Å². The van der Waals surface area contributed by atoms with Gasteiger partial charge in [0.25, 0.3) is 0 Å². The third kappa shape index (κ3) is 2.80. The van der Waals surface area contributed by atoms with Gasteiger partial charge in [-0.2, -0.15) is 0 Å². The van der Waals surface area contributed by atoms with Crippen LogP contribution in [0.25, 0.3) is 11.1 Å². The van der Waals surface area contributed by atoms with Gasteiger partial charge in [-0.25, -0.2) is 0 Å². The van der Waals surface area contributed by atoms with Crippen molar-refractivity contribution in [2.24, 2.45) is 0 Å². The van der Waals surface area contributed by atoms with Crippen molar-refractivity contribution in [2.75, 3.05) is 0 Å². The molecule has 1 aromatic heterocycles. The van der Waals surface area contributed by atoms with Gasteiger partial charge in [-0.1, -0.05) is 43.7 Å². The van der Waals surface area contributed by atoms with Crippen molar-refractivity contribution < 1.29 is 5.11 Å². The molecule has 1 N–H and O–H groups in total. The summed E-state index contributed by atoms with van der Waals surface area (Å²) in [4.78, 5) is 0. The summed E-state index contributed by atoms with van der Waals surface area (Å²) in [5, 5.41) is 14.5. The summed E-state index contributed by atoms with van der Waals surface area (Å²) in [6.45, 7) is 6.37. The number of rotatable bonds is 5. The quantitative estimate of drug-likeness (QED) is 0.873. The molecule has 0 aliphatic carbocycles. The second-order valence-electron chi connectivity index (χ2n) is 5.15. The Labute approximate surface area is 114 Å². The van der Waals surface area contributed by atoms with Gasteiger partial charge >= 0.3 is 0 Å². The highest BCUT2D eigenvalue weighted by molar-refractivity contribution is 5.71. The molecule has 3 nitrogen and oxygen atoms in total. The Kier molecular flexibility index (Phi) is 4.25. The molecule has 0 atom stereocenters. The first-order valence-corrected chi connectivity index (χ1v) is 7.01. The predicted octanol–water partition coefficient (Wildman–Crippen LogP) is 4.18. The highest BCUT2D eigenvalue weighted by Gasteiger charge is 2.19. The Morgan fingerprint density at radius 3 is 2.47 bits per heavy atom. The van der Waals surface area contributed by atoms with Crippen molar-refractivity contribution in [3.63, 3.8) is 0 Å². The lowest BCUT2D eigenvalue weighted by Gasteiger charge is -2.12. The minimum absolute atomic E-state index is 0.144. The van der Waals surface area contributed by atoms with Crippen molar-refractivity contribution in [1.82, 2.24) is 9.78 Å². The minimum atomic E-state index is 0.144. The molecule has 0 aliphatic rings. The number of unbranched alkanes of at least 4 members (excludes halogenated alkanes) is 1. The van der Waals surface area contributed by atoms with Crippen molar-refractivity contribution in [3.05, 3.63) is 36.0 Å². The number of hydrogen-bond donors (Lipinski definition) is 1. The molecule has 1 aromatic carbocycles. The van der Waals surface area contributed by atoms with Gasteiger partial charge in [0, 0.05) is 6.04 Å². The Morgan fingerprint density at radius 2 is 1.89 bits per heavy atom. The predicted molar refractivity (Wildman–Crippen MR) is 78.3 cm³/mol. The molecule has 0 saturated heterocycles. The number of aromatic nitrogens is 2. The number of benzene rings is 1. The molecule has 102 valence electrons. The highest BCUT2D eigenvalue weighted by atomic mass is 16.3. The van der Waals surface area contributed by atoms with Gasteiger partial charge in [-0.05, 0) is 32.3 Å². The van der Waals surface area contributed by atoms with Crippen LogP contribution >= 0.6 is 0 Å². The first kappa shape index (κ1) is 13.7. The molecule has 0 radical (unpaired) electrons. The van der Waals surface area contributed by atoms with Gasteiger partial charge in [0.2, 0.25) is 5.88 Å². The Hall–Kier alpha value is -1.77. The second kappa shape index (κ2) is 5.91. The van der Waals surface area contributed by atoms with E-state index in [1.54, 1.807) is 0 Å². The zero-order chi connectivity index (χ0) is 13.8. The van der Waals surface area contributed by atoms with Crippen molar-refractivity contribution in [3.8, 4) is 17.0 Å². The lowest BCUT2D eigenvalue weighted by Crippen LogP contribution is -2.08. The van der Waals surface area contributed by atoms with Crippen molar-refractivity contribution in [1.29, 1.82) is 0 Å². The number of aromatic hydroxyl groups is 1. The van der Waals surface area contributed by atoms with Gasteiger partial charge in [0.15, 0.2) is 0 Å². The van der Waals surface area contributed by atoms with Gasteiger partial charge in [-0.3, -0.25) is 4.68 Å². The number of hydrogen-bond acceptors (Lipinski definition) is 2. The number of nitrogens with zero attached hydrogens (tertiary/aromatic N) is 2. The van der Waals surface area contributed by atoms with Crippen LogP contribution in [0.5, 0.6) is 5.88 Å². The average Bonchev–Trinajstić information content (AvgIpc) is 2.74. The topological polar surface area (TPSA) is 38.1 Å². The van der Waals surface area contributed by atoms with E-state index in [2.05, 4.69) is 25.9 Å². The van der Waals surface area contributed by atoms with Crippen LogP contribution in [0, 0.1) is 0 Å². The van der Waals surface area contributed by atoms with Crippen LogP contribution in [0.4, 0.5) is 0 Å². The molecule has 19 heavy (non-hydrogen) atoms. The third-order valence-electron chi connectivity index (χ3n) is 3.31. The molecule has 0 bridgehead atoms. The first-order valence-electron chi connectivity index (χ1n) is 7.01. The van der Waals surface area contributed by atoms with Crippen LogP contribution in [0.2, 0.25) is 0 Å². The van der Waals surface area contributed by atoms with E-state index in [1.165, 1.54) is 0 Å². The van der Waals surface area contributed by atoms with E-state index in [0.717, 1.165) is 36.1 Å². The fourth-order valence-corrected chi connectivity index (χ4v) is 2.37. The van der Waals surface area contributed by atoms with E-state index in [-0.39, 0.29) is 11.9 Å². The summed E-state index contributed by atoms with van der Waals surface area (Å²) in [6, 6.07) is 10.3. The fraction of sp³-hybridized carbons (Fsp3) is 0.438. The molecule has 3 heteroatoms. The van der Waals surface area contributed by atoms with Gasteiger partial charge in [-0.15, -0.1) is 5.10 Å². The smallest absolute Gasteiger partial charge is 0.238 e. The van der Waals surface area contributed by atoms with E-state index < -0.39 is 0 Å². The van der Waals surface area contributed by atoms with Gasteiger partial charge in [0.1, 0.15) is 0 Å². The highest BCUT2D eigenvalue weighted by Crippen LogP contribution is 2.34. The van der Waals surface area contributed by atoms with Gasteiger partial charge < -0.3 is 5.11 Å². The standard InChI is InChI=1S/C16H22N2O/c1-4-5-11-14-15(13-9-7-6-8-10-13)16(19)17-18(14)12(2)3/h6-10,12H,4-5,11H2,1-3H3,(H,17,19). The normalized spacial score (nSPS) is 11.2. The molecular weight excluding hydrogens is 236 g/mol. The maximum absolute atomic E-state index is 10.2. The van der Waals surface area contributed by atoms with Crippen LogP contribution in [-0.2, 0) is 6.42 Å². The van der Waals surface area contributed by atoms with Crippen LogP contribution in [0.1, 0.15) is 45.3 Å². The minimum Gasteiger partial charge on any atom is -0.492 e. The Morgan fingerprint density at radius 1 is 1.21 bits per heavy atom. The lowest BCUT2D eigenvalue weighted by atomic mass is 10.0. The summed E-state index contributed by atoms with van der Waals surface area (Å²) >= 11 is 0. The largest absolute Gasteiger partial charge is 0.492 e. The molecule has 0 spiro atoms. The summed E-state index contributed by atoms with van der Waals surface area (Å²) in [6.07, 6.45) is 3.20. The van der Waals surface area contributed by atoms with E-state index >= 15 is 0 Å². The summed E-state index contributed by atoms with van der Waals surface area (Å²) in [5.41, 5.74) is 3.07. The first-order chi connectivity index (χ1) is 9.15. The van der Waals surface area contributed by atoms with Crippen molar-refractivity contribution >= 4 is 0 Å². The van der Waals surface area contributed by atoms with E-state index in [9.17, 15) is 5.11 Å². The van der Waals surface area contributed by atoms with Crippen LogP contribution < -0.4 is 0 Å². The molecule has 0 fully saturated rings. The molecule has 2 aromatic rings. The molecule has 2 rings (SSSR count). The summed E-state index contributed by atoms with van der Waals surface area (Å²) in [5.74, 6) is 0.144. The fourth-order valence-electron chi connectivity index (χ4n) is 2.37. The molecular formula is C16H22N2O. The maximum Gasteiger partial charge on any atom is 0.238 e. The molecule has 1 heterocycles. The lowest BCUT2D eigenvalue weighted by molar-refractivity contribution is 0.423. The molecule has 0 unspecified atom stereocenters. The van der Waals surface area contributed by atoms with E-state index in [4.69, 9.17) is 0 Å². The van der Waals surface area contributed by atoms with Crippen LogP contribution in [0.3, 0.4) is 0 Å². The second-order valence-corrected chi connectivity index (χ2v) is 5.15. The zero-order valence-corrected chi connectivity index (χ0v) is 11.9. The van der Waals surface area contributed by atoms with E-state index in [1.807, 2.05) is 35.0 Å².